The minimum Gasteiger partial charge on any atom is -0.478 e. The molecule has 0 aliphatic rings. The number of anilines is 1. The molecule has 0 aliphatic carbocycles. The van der Waals surface area contributed by atoms with E-state index in [1.165, 1.54) is 18.2 Å². The van der Waals surface area contributed by atoms with Crippen LogP contribution < -0.4 is 10.6 Å². The molecule has 0 spiro atoms. The Kier molecular flexibility index (Phi) is 9.73. The van der Waals surface area contributed by atoms with E-state index in [0.717, 1.165) is 11.8 Å². The third kappa shape index (κ3) is 7.34. The fourth-order valence-corrected chi connectivity index (χ4v) is 4.67. The molecule has 3 rings (SSSR count). The number of nitrogens with zero attached hydrogens (tertiary/aromatic N) is 3. The lowest BCUT2D eigenvalue weighted by Gasteiger charge is -2.23. The summed E-state index contributed by atoms with van der Waals surface area (Å²) in [4.78, 5) is 36.6. The van der Waals surface area contributed by atoms with Crippen LogP contribution in [0.25, 0.3) is 0 Å². The van der Waals surface area contributed by atoms with Gasteiger partial charge in [-0.3, -0.25) is 9.59 Å². The van der Waals surface area contributed by atoms with Gasteiger partial charge in [0.1, 0.15) is 0 Å². The number of hydrogen-bond donors (Lipinski definition) is 3. The van der Waals surface area contributed by atoms with Gasteiger partial charge in [0.05, 0.1) is 27.9 Å². The van der Waals surface area contributed by atoms with Gasteiger partial charge in [-0.15, -0.1) is 16.8 Å². The van der Waals surface area contributed by atoms with Crippen LogP contribution in [-0.2, 0) is 11.3 Å². The highest BCUT2D eigenvalue weighted by atomic mass is 35.5. The first-order chi connectivity index (χ1) is 17.6. The van der Waals surface area contributed by atoms with Crippen LogP contribution in [0.5, 0.6) is 0 Å². The number of nitrogens with one attached hydrogen (secondary N) is 2. The zero-order chi connectivity index (χ0) is 27.1. The predicted octanol–water partition coefficient (Wildman–Crippen LogP) is 5.33. The van der Waals surface area contributed by atoms with E-state index in [-0.39, 0.29) is 39.6 Å². The highest BCUT2D eigenvalue weighted by molar-refractivity contribution is 7.99. The Morgan fingerprint density at radius 3 is 2.57 bits per heavy atom. The number of carboxylic acid groups (broad SMARTS) is 1. The normalized spacial score (nSPS) is 11.7. The van der Waals surface area contributed by atoms with Crippen molar-refractivity contribution in [2.45, 2.75) is 31.6 Å². The molecule has 2 amide bonds. The standard InChI is InChI=1S/C25H25Cl2N5O4S/c1-4-10-32-22(21(14(2)3)29-23(34)18-9-8-16(26)12-19(18)27)30-31-25(32)37-13-20(33)28-17-7-5-6-15(11-17)24(35)36/h4-9,11-12,14,21H,1,10,13H2,2-3H3,(H,28,33)(H,29,34)(H,35,36)/t21-/m1/s1. The molecule has 1 aromatic heterocycles. The first-order valence-electron chi connectivity index (χ1n) is 11.2. The molecule has 0 radical (unpaired) electrons. The fourth-order valence-electron chi connectivity index (χ4n) is 3.42. The second kappa shape index (κ2) is 12.8. The number of carbonyl (C=O) groups is 3. The van der Waals surface area contributed by atoms with Gasteiger partial charge in [0.25, 0.3) is 5.91 Å². The smallest absolute Gasteiger partial charge is 0.335 e. The summed E-state index contributed by atoms with van der Waals surface area (Å²) < 4.78 is 1.78. The van der Waals surface area contributed by atoms with Gasteiger partial charge in [-0.2, -0.15) is 0 Å². The van der Waals surface area contributed by atoms with E-state index in [4.69, 9.17) is 28.3 Å². The van der Waals surface area contributed by atoms with Crippen molar-refractivity contribution < 1.29 is 19.5 Å². The first-order valence-corrected chi connectivity index (χ1v) is 12.9. The van der Waals surface area contributed by atoms with Gasteiger partial charge in [0, 0.05) is 17.3 Å². The number of carboxylic acids is 1. The molecule has 0 saturated heterocycles. The molecule has 3 aromatic rings. The van der Waals surface area contributed by atoms with E-state index >= 15 is 0 Å². The van der Waals surface area contributed by atoms with Crippen LogP contribution in [0.4, 0.5) is 5.69 Å². The minimum atomic E-state index is -1.08. The largest absolute Gasteiger partial charge is 0.478 e. The molecule has 3 N–H and O–H groups in total. The number of thioether (sulfide) groups is 1. The average molecular weight is 562 g/mol. The lowest BCUT2D eigenvalue weighted by atomic mass is 10.0. The van der Waals surface area contributed by atoms with E-state index in [1.807, 2.05) is 13.8 Å². The highest BCUT2D eigenvalue weighted by Crippen LogP contribution is 2.27. The van der Waals surface area contributed by atoms with E-state index in [2.05, 4.69) is 27.4 Å². The lowest BCUT2D eigenvalue weighted by molar-refractivity contribution is -0.113. The number of halogens is 2. The molecule has 37 heavy (non-hydrogen) atoms. The van der Waals surface area contributed by atoms with Gasteiger partial charge in [-0.25, -0.2) is 4.79 Å². The van der Waals surface area contributed by atoms with E-state index < -0.39 is 12.0 Å². The molecule has 1 heterocycles. The summed E-state index contributed by atoms with van der Waals surface area (Å²) in [6, 6.07) is 10.1. The lowest BCUT2D eigenvalue weighted by Crippen LogP contribution is -2.34. The summed E-state index contributed by atoms with van der Waals surface area (Å²) in [7, 11) is 0. The monoisotopic (exact) mass is 561 g/mol. The van der Waals surface area contributed by atoms with Crippen molar-refractivity contribution in [2.24, 2.45) is 5.92 Å². The molecular formula is C25H25Cl2N5O4S. The summed E-state index contributed by atoms with van der Waals surface area (Å²) in [5.41, 5.74) is 0.731. The van der Waals surface area contributed by atoms with Crippen molar-refractivity contribution in [1.82, 2.24) is 20.1 Å². The number of carbonyl (C=O) groups excluding carboxylic acids is 2. The Bertz CT molecular complexity index is 1330. The fraction of sp³-hybridized carbons (Fsp3) is 0.240. The molecule has 12 heteroatoms. The van der Waals surface area contributed by atoms with Gasteiger partial charge in [-0.05, 0) is 42.3 Å². The Morgan fingerprint density at radius 1 is 1.16 bits per heavy atom. The summed E-state index contributed by atoms with van der Waals surface area (Å²) >= 11 is 13.3. The van der Waals surface area contributed by atoms with Crippen molar-refractivity contribution in [3.8, 4) is 0 Å². The van der Waals surface area contributed by atoms with Crippen molar-refractivity contribution in [3.63, 3.8) is 0 Å². The van der Waals surface area contributed by atoms with Crippen LogP contribution in [0.1, 0.15) is 46.4 Å². The van der Waals surface area contributed by atoms with E-state index in [9.17, 15) is 14.4 Å². The van der Waals surface area contributed by atoms with E-state index in [0.29, 0.717) is 28.2 Å². The van der Waals surface area contributed by atoms with Crippen LogP contribution in [0.3, 0.4) is 0 Å². The Hall–Kier alpha value is -3.34. The molecule has 9 nitrogen and oxygen atoms in total. The average Bonchev–Trinajstić information content (AvgIpc) is 3.23. The summed E-state index contributed by atoms with van der Waals surface area (Å²) in [6.07, 6.45) is 1.67. The number of benzene rings is 2. The quantitative estimate of drug-likeness (QED) is 0.213. The predicted molar refractivity (Wildman–Crippen MR) is 144 cm³/mol. The molecule has 1 atom stereocenters. The van der Waals surface area contributed by atoms with Crippen LogP contribution in [-0.4, -0.2) is 43.4 Å². The van der Waals surface area contributed by atoms with Gasteiger partial charge in [0.15, 0.2) is 11.0 Å². The summed E-state index contributed by atoms with van der Waals surface area (Å²) in [5.74, 6) is -1.35. The molecule has 2 aromatic carbocycles. The van der Waals surface area contributed by atoms with Crippen LogP contribution in [0.15, 0.2) is 60.3 Å². The molecule has 0 fully saturated rings. The zero-order valence-corrected chi connectivity index (χ0v) is 22.4. The van der Waals surface area contributed by atoms with Crippen molar-refractivity contribution in [3.05, 3.63) is 82.1 Å². The molecule has 0 saturated carbocycles. The number of aromatic carboxylic acids is 1. The second-order valence-electron chi connectivity index (χ2n) is 8.28. The maximum atomic E-state index is 13.0. The van der Waals surface area contributed by atoms with Crippen LogP contribution >= 0.6 is 35.0 Å². The first kappa shape index (κ1) is 28.2. The van der Waals surface area contributed by atoms with Crippen molar-refractivity contribution >= 4 is 58.4 Å². The maximum Gasteiger partial charge on any atom is 0.335 e. The summed E-state index contributed by atoms with van der Waals surface area (Å²) in [6.45, 7) is 8.02. The Morgan fingerprint density at radius 2 is 1.92 bits per heavy atom. The van der Waals surface area contributed by atoms with Crippen molar-refractivity contribution in [1.29, 1.82) is 0 Å². The van der Waals surface area contributed by atoms with Gasteiger partial charge < -0.3 is 20.3 Å². The van der Waals surface area contributed by atoms with Gasteiger partial charge in [-0.1, -0.05) is 61.0 Å². The highest BCUT2D eigenvalue weighted by Gasteiger charge is 2.27. The molecule has 0 aliphatic heterocycles. The zero-order valence-electron chi connectivity index (χ0n) is 20.1. The maximum absolute atomic E-state index is 13.0. The Balaban J connectivity index is 1.76. The topological polar surface area (TPSA) is 126 Å². The number of aromatic nitrogens is 3. The van der Waals surface area contributed by atoms with Crippen LogP contribution in [0, 0.1) is 5.92 Å². The minimum absolute atomic E-state index is 0.00562. The summed E-state index contributed by atoms with van der Waals surface area (Å²) in [5, 5.41) is 24.5. The SMILES string of the molecule is C=CCn1c(SCC(=O)Nc2cccc(C(=O)O)c2)nnc1[C@H](NC(=O)c1ccc(Cl)cc1Cl)C(C)C. The van der Waals surface area contributed by atoms with E-state index in [1.54, 1.807) is 34.9 Å². The Labute approximate surface area is 228 Å². The number of allylic oxidation sites excluding steroid dienone is 1. The van der Waals surface area contributed by atoms with Crippen LogP contribution in [0.2, 0.25) is 10.0 Å². The second-order valence-corrected chi connectivity index (χ2v) is 10.1. The van der Waals surface area contributed by atoms with Gasteiger partial charge in [0.2, 0.25) is 5.91 Å². The molecular weight excluding hydrogens is 537 g/mol. The van der Waals surface area contributed by atoms with Gasteiger partial charge >= 0.3 is 5.97 Å². The molecule has 0 unspecified atom stereocenters. The van der Waals surface area contributed by atoms with Crippen molar-refractivity contribution in [2.75, 3.05) is 11.1 Å². The molecule has 194 valence electrons. The number of hydrogen-bond acceptors (Lipinski definition) is 6. The number of rotatable bonds is 11. The number of amides is 2. The third-order valence-electron chi connectivity index (χ3n) is 5.19. The molecule has 0 bridgehead atoms. The third-order valence-corrected chi connectivity index (χ3v) is 6.70.